The molecule has 4 fully saturated rings. The lowest BCUT2D eigenvalue weighted by Crippen LogP contribution is -2.56. The first-order valence-corrected chi connectivity index (χ1v) is 15.2. The predicted octanol–water partition coefficient (Wildman–Crippen LogP) is 4.14. The minimum absolute atomic E-state index is 0.0315. The molecule has 2 N–H and O–H groups in total. The summed E-state index contributed by atoms with van der Waals surface area (Å²) in [6, 6.07) is 10.3. The predicted molar refractivity (Wildman–Crippen MR) is 143 cm³/mol. The third-order valence-electron chi connectivity index (χ3n) is 8.91. The molecule has 208 valence electrons. The fourth-order valence-corrected chi connectivity index (χ4v) is 8.51. The van der Waals surface area contributed by atoms with Crippen LogP contribution in [0, 0.1) is 23.2 Å². The van der Waals surface area contributed by atoms with E-state index in [9.17, 15) is 18.0 Å². The van der Waals surface area contributed by atoms with Crippen molar-refractivity contribution < 1.29 is 32.2 Å². The zero-order valence-corrected chi connectivity index (χ0v) is 22.8. The molecule has 10 heteroatoms. The van der Waals surface area contributed by atoms with Crippen molar-refractivity contribution in [1.29, 1.82) is 0 Å². The number of hydrogen-bond acceptors (Lipinski definition) is 7. The first-order valence-electron chi connectivity index (χ1n) is 13.7. The second-order valence-corrected chi connectivity index (χ2v) is 13.3. The first kappa shape index (κ1) is 26.0. The number of sulfonamides is 1. The standard InChI is InChI=1S/C29H34N2O7S/c1-18(29-14-19-10-20(15-29)12-21(11-19)16-29)30-27(32)17-38-28(33)22-2-4-23(5-3-22)31-39(34,35)24-6-7-25-26(13-24)37-9-8-36-25/h2-7,13,18-21,31H,8-12,14-17H2,1H3,(H,30,32)/t18-,19?,20?,21?,29?/m0/s1. The van der Waals surface area contributed by atoms with Crippen molar-refractivity contribution in [1.82, 2.24) is 5.32 Å². The minimum Gasteiger partial charge on any atom is -0.486 e. The molecule has 2 aromatic carbocycles. The molecule has 1 heterocycles. The Morgan fingerprint density at radius 3 is 2.21 bits per heavy atom. The number of benzene rings is 2. The quantitative estimate of drug-likeness (QED) is 0.471. The summed E-state index contributed by atoms with van der Waals surface area (Å²) in [4.78, 5) is 25.2. The number of carbonyl (C=O) groups is 2. The molecule has 0 unspecified atom stereocenters. The third kappa shape index (κ3) is 5.31. The Balaban J connectivity index is 1.01. The molecule has 4 aliphatic carbocycles. The van der Waals surface area contributed by atoms with Crippen LogP contribution in [-0.4, -0.2) is 46.2 Å². The molecule has 1 amide bonds. The van der Waals surface area contributed by atoms with E-state index >= 15 is 0 Å². The Hall–Kier alpha value is -3.27. The number of carbonyl (C=O) groups excluding carboxylic acids is 2. The SMILES string of the molecule is C[C@H](NC(=O)COC(=O)c1ccc(NS(=O)(=O)c2ccc3c(c2)OCCO3)cc1)C12CC3CC(CC(C3)C1)C2. The average molecular weight is 555 g/mol. The van der Waals surface area contributed by atoms with Crippen molar-refractivity contribution in [2.24, 2.45) is 23.2 Å². The molecule has 7 rings (SSSR count). The highest BCUT2D eigenvalue weighted by molar-refractivity contribution is 7.92. The number of nitrogens with one attached hydrogen (secondary N) is 2. The molecular formula is C29H34N2O7S. The van der Waals surface area contributed by atoms with Crippen LogP contribution in [0.3, 0.4) is 0 Å². The third-order valence-corrected chi connectivity index (χ3v) is 10.3. The number of esters is 1. The van der Waals surface area contributed by atoms with E-state index < -0.39 is 16.0 Å². The lowest BCUT2D eigenvalue weighted by Gasteiger charge is -2.59. The van der Waals surface area contributed by atoms with Gasteiger partial charge in [0.1, 0.15) is 13.2 Å². The smallest absolute Gasteiger partial charge is 0.338 e. The van der Waals surface area contributed by atoms with Gasteiger partial charge < -0.3 is 19.5 Å². The Bertz CT molecular complexity index is 1340. The van der Waals surface area contributed by atoms with E-state index in [0.29, 0.717) is 24.7 Å². The first-order chi connectivity index (χ1) is 18.7. The van der Waals surface area contributed by atoms with E-state index in [4.69, 9.17) is 14.2 Å². The minimum atomic E-state index is -3.88. The van der Waals surface area contributed by atoms with Crippen LogP contribution in [0.1, 0.15) is 55.8 Å². The van der Waals surface area contributed by atoms with E-state index in [2.05, 4.69) is 17.0 Å². The maximum atomic E-state index is 12.8. The largest absolute Gasteiger partial charge is 0.486 e. The Morgan fingerprint density at radius 2 is 1.56 bits per heavy atom. The molecule has 5 aliphatic rings. The molecule has 1 atom stereocenters. The molecule has 0 spiro atoms. The van der Waals surface area contributed by atoms with Crippen LogP contribution in [0.5, 0.6) is 11.5 Å². The van der Waals surface area contributed by atoms with Crippen molar-refractivity contribution >= 4 is 27.6 Å². The van der Waals surface area contributed by atoms with Gasteiger partial charge in [-0.25, -0.2) is 13.2 Å². The van der Waals surface area contributed by atoms with E-state index in [0.717, 1.165) is 17.8 Å². The zero-order valence-electron chi connectivity index (χ0n) is 22.0. The maximum absolute atomic E-state index is 12.8. The summed E-state index contributed by atoms with van der Waals surface area (Å²) in [5.74, 6) is 2.31. The highest BCUT2D eigenvalue weighted by atomic mass is 32.2. The van der Waals surface area contributed by atoms with Gasteiger partial charge in [-0.05, 0) is 105 Å². The second kappa shape index (κ2) is 10.0. The average Bonchev–Trinajstić information content (AvgIpc) is 2.91. The molecule has 1 aliphatic heterocycles. The second-order valence-electron chi connectivity index (χ2n) is 11.6. The van der Waals surface area contributed by atoms with E-state index in [1.165, 1.54) is 74.9 Å². The highest BCUT2D eigenvalue weighted by Gasteiger charge is 2.53. The van der Waals surface area contributed by atoms with Gasteiger partial charge in [0.2, 0.25) is 0 Å². The van der Waals surface area contributed by atoms with Crippen LogP contribution in [0.2, 0.25) is 0 Å². The molecule has 4 saturated carbocycles. The van der Waals surface area contributed by atoms with Crippen molar-refractivity contribution in [2.75, 3.05) is 24.5 Å². The summed E-state index contributed by atoms with van der Waals surface area (Å²) < 4.78 is 44.3. The number of rotatable bonds is 8. The van der Waals surface area contributed by atoms with E-state index in [1.807, 2.05) is 0 Å². The lowest BCUT2D eigenvalue weighted by molar-refractivity contribution is -0.128. The van der Waals surface area contributed by atoms with Crippen molar-refractivity contribution in [3.63, 3.8) is 0 Å². The van der Waals surface area contributed by atoms with Crippen LogP contribution in [0.15, 0.2) is 47.4 Å². The van der Waals surface area contributed by atoms with Gasteiger partial charge in [0.15, 0.2) is 18.1 Å². The van der Waals surface area contributed by atoms with Gasteiger partial charge in [0.25, 0.3) is 15.9 Å². The van der Waals surface area contributed by atoms with Crippen LogP contribution < -0.4 is 19.5 Å². The highest BCUT2D eigenvalue weighted by Crippen LogP contribution is 2.61. The van der Waals surface area contributed by atoms with Crippen molar-refractivity contribution in [3.8, 4) is 11.5 Å². The van der Waals surface area contributed by atoms with E-state index in [1.54, 1.807) is 6.07 Å². The van der Waals surface area contributed by atoms with Gasteiger partial charge in [-0.1, -0.05) is 0 Å². The fraction of sp³-hybridized carbons (Fsp3) is 0.517. The molecule has 0 saturated heterocycles. The molecule has 39 heavy (non-hydrogen) atoms. The monoisotopic (exact) mass is 554 g/mol. The molecule has 9 nitrogen and oxygen atoms in total. The zero-order chi connectivity index (χ0) is 27.2. The van der Waals surface area contributed by atoms with Gasteiger partial charge in [-0.2, -0.15) is 0 Å². The molecule has 0 radical (unpaired) electrons. The van der Waals surface area contributed by atoms with Crippen LogP contribution in [-0.2, 0) is 19.6 Å². The Kier molecular flexibility index (Phi) is 6.69. The number of anilines is 1. The Morgan fingerprint density at radius 1 is 0.949 bits per heavy atom. The number of ether oxygens (including phenoxy) is 3. The summed E-state index contributed by atoms with van der Waals surface area (Å²) in [5.41, 5.74) is 0.681. The number of fused-ring (bicyclic) bond motifs is 1. The molecule has 0 aromatic heterocycles. The molecule has 4 bridgehead atoms. The molecular weight excluding hydrogens is 520 g/mol. The normalized spacial score (nSPS) is 27.5. The summed E-state index contributed by atoms with van der Waals surface area (Å²) >= 11 is 0. The van der Waals surface area contributed by atoms with Gasteiger partial charge in [-0.3, -0.25) is 9.52 Å². The summed E-state index contributed by atoms with van der Waals surface area (Å²) in [6.45, 7) is 2.51. The van der Waals surface area contributed by atoms with Crippen molar-refractivity contribution in [2.45, 2.75) is 56.4 Å². The summed E-state index contributed by atoms with van der Waals surface area (Å²) in [5, 5.41) is 3.10. The maximum Gasteiger partial charge on any atom is 0.338 e. The van der Waals surface area contributed by atoms with E-state index in [-0.39, 0.29) is 40.1 Å². The summed E-state index contributed by atoms with van der Waals surface area (Å²) in [6.07, 6.45) is 7.59. The number of hydrogen-bond donors (Lipinski definition) is 2. The van der Waals surface area contributed by atoms with Gasteiger partial charge in [0.05, 0.1) is 10.5 Å². The summed E-state index contributed by atoms with van der Waals surface area (Å²) in [7, 11) is -3.88. The van der Waals surface area contributed by atoms with Crippen LogP contribution in [0.25, 0.3) is 0 Å². The lowest BCUT2D eigenvalue weighted by atomic mass is 9.48. The van der Waals surface area contributed by atoms with Gasteiger partial charge in [-0.15, -0.1) is 0 Å². The van der Waals surface area contributed by atoms with Crippen LogP contribution in [0.4, 0.5) is 5.69 Å². The van der Waals surface area contributed by atoms with Crippen LogP contribution >= 0.6 is 0 Å². The number of amides is 1. The topological polar surface area (TPSA) is 120 Å². The Labute approximate surface area is 228 Å². The fourth-order valence-electron chi connectivity index (χ4n) is 7.44. The van der Waals surface area contributed by atoms with Gasteiger partial charge in [0, 0.05) is 17.8 Å². The molecule has 2 aromatic rings. The van der Waals surface area contributed by atoms with Gasteiger partial charge >= 0.3 is 5.97 Å². The van der Waals surface area contributed by atoms with Crippen molar-refractivity contribution in [3.05, 3.63) is 48.0 Å².